The maximum atomic E-state index is 9.92. The molecule has 1 aliphatic heterocycles. The molecule has 1 atom stereocenters. The molecule has 1 saturated heterocycles. The molecule has 30 heavy (non-hydrogen) atoms. The van der Waals surface area contributed by atoms with Crippen molar-refractivity contribution >= 4 is 5.69 Å². The molecule has 1 aliphatic rings. The molecule has 6 nitrogen and oxygen atoms in total. The molecule has 0 amide bonds. The Morgan fingerprint density at radius 2 is 1.60 bits per heavy atom. The van der Waals surface area contributed by atoms with Crippen LogP contribution < -0.4 is 24.6 Å². The summed E-state index contributed by atoms with van der Waals surface area (Å²) in [4.78, 5) is 4.05. The van der Waals surface area contributed by atoms with Crippen LogP contribution in [0.3, 0.4) is 0 Å². The number of aliphatic hydroxyl groups excluding tert-OH is 1. The monoisotopic (exact) mass is 414 g/mol. The third-order valence-corrected chi connectivity index (χ3v) is 5.34. The minimum absolute atomic E-state index is 0.276. The van der Waals surface area contributed by atoms with E-state index in [0.29, 0.717) is 19.2 Å². The Morgan fingerprint density at radius 3 is 2.23 bits per heavy atom. The van der Waals surface area contributed by atoms with Crippen molar-refractivity contribution in [2.45, 2.75) is 26.0 Å². The van der Waals surface area contributed by atoms with Crippen LogP contribution in [0.5, 0.6) is 11.5 Å². The fourth-order valence-corrected chi connectivity index (χ4v) is 3.54. The highest BCUT2D eigenvalue weighted by Gasteiger charge is 2.19. The average Bonchev–Trinajstić information content (AvgIpc) is 2.78. The van der Waals surface area contributed by atoms with Crippen molar-refractivity contribution in [2.24, 2.45) is 0 Å². The molecule has 1 fully saturated rings. The lowest BCUT2D eigenvalue weighted by molar-refractivity contribution is -0.900. The number of aliphatic hydroxyl groups is 1. The number of hydrogen-bond donors (Lipinski definition) is 3. The molecule has 0 saturated carbocycles. The molecular weight excluding hydrogens is 378 g/mol. The van der Waals surface area contributed by atoms with E-state index in [9.17, 15) is 5.11 Å². The van der Waals surface area contributed by atoms with E-state index in [1.165, 1.54) is 5.69 Å². The Morgan fingerprint density at radius 1 is 0.967 bits per heavy atom. The normalized spacial score (nSPS) is 15.9. The highest BCUT2D eigenvalue weighted by molar-refractivity contribution is 5.46. The van der Waals surface area contributed by atoms with Crippen molar-refractivity contribution in [1.82, 2.24) is 5.32 Å². The molecule has 0 spiro atoms. The highest BCUT2D eigenvalue weighted by Crippen LogP contribution is 2.17. The number of ether oxygens (including phenoxy) is 2. The van der Waals surface area contributed by atoms with E-state index in [1.807, 2.05) is 24.3 Å². The lowest BCUT2D eigenvalue weighted by atomic mass is 10.2. The van der Waals surface area contributed by atoms with E-state index in [2.05, 4.69) is 54.4 Å². The number of hydrogen-bond acceptors (Lipinski definition) is 5. The van der Waals surface area contributed by atoms with Gasteiger partial charge in [-0.05, 0) is 36.4 Å². The lowest BCUT2D eigenvalue weighted by Gasteiger charge is -2.33. The molecule has 2 aromatic carbocycles. The van der Waals surface area contributed by atoms with Gasteiger partial charge in [-0.1, -0.05) is 32.0 Å². The summed E-state index contributed by atoms with van der Waals surface area (Å²) in [6.45, 7) is 11.1. The first-order valence-electron chi connectivity index (χ1n) is 11.0. The number of benzene rings is 2. The summed E-state index contributed by atoms with van der Waals surface area (Å²) in [5.41, 5.74) is 1.32. The van der Waals surface area contributed by atoms with Crippen LogP contribution in [0.2, 0.25) is 0 Å². The van der Waals surface area contributed by atoms with Gasteiger partial charge in [0.25, 0.3) is 0 Å². The molecule has 0 unspecified atom stereocenters. The van der Waals surface area contributed by atoms with Gasteiger partial charge in [-0.2, -0.15) is 0 Å². The van der Waals surface area contributed by atoms with Crippen LogP contribution in [0.1, 0.15) is 13.8 Å². The van der Waals surface area contributed by atoms with Gasteiger partial charge in [0.2, 0.25) is 0 Å². The SMILES string of the molecule is CC(C)NC[C@H](O)COc1ccc(OCC[NH+]2CCN(c3ccccc3)CC2)cc1. The molecule has 3 N–H and O–H groups in total. The van der Waals surface area contributed by atoms with Crippen molar-refractivity contribution < 1.29 is 19.5 Å². The molecule has 3 rings (SSSR count). The van der Waals surface area contributed by atoms with Crippen LogP contribution in [0, 0.1) is 0 Å². The predicted molar refractivity (Wildman–Crippen MR) is 121 cm³/mol. The first-order chi connectivity index (χ1) is 14.6. The van der Waals surface area contributed by atoms with Gasteiger partial charge in [-0.3, -0.25) is 0 Å². The second-order valence-corrected chi connectivity index (χ2v) is 8.17. The Hall–Kier alpha value is -2.28. The number of rotatable bonds is 11. The van der Waals surface area contributed by atoms with E-state index in [0.717, 1.165) is 44.2 Å². The summed E-state index contributed by atoms with van der Waals surface area (Å²) in [7, 11) is 0. The molecule has 0 aromatic heterocycles. The van der Waals surface area contributed by atoms with Crippen molar-refractivity contribution in [1.29, 1.82) is 0 Å². The summed E-state index contributed by atoms with van der Waals surface area (Å²) in [6, 6.07) is 18.6. The van der Waals surface area contributed by atoms with Crippen LogP contribution in [0.25, 0.3) is 0 Å². The molecule has 1 heterocycles. The quantitative estimate of drug-likeness (QED) is 0.516. The van der Waals surface area contributed by atoms with Gasteiger partial charge < -0.3 is 29.7 Å². The zero-order valence-electron chi connectivity index (χ0n) is 18.2. The zero-order valence-corrected chi connectivity index (χ0v) is 18.2. The second-order valence-electron chi connectivity index (χ2n) is 8.17. The van der Waals surface area contributed by atoms with Crippen molar-refractivity contribution in [3.05, 3.63) is 54.6 Å². The first kappa shape index (κ1) is 22.4. The van der Waals surface area contributed by atoms with Gasteiger partial charge in [-0.15, -0.1) is 0 Å². The van der Waals surface area contributed by atoms with E-state index >= 15 is 0 Å². The van der Waals surface area contributed by atoms with Gasteiger partial charge in [0.1, 0.15) is 37.4 Å². The maximum absolute atomic E-state index is 9.92. The zero-order chi connectivity index (χ0) is 21.2. The summed E-state index contributed by atoms with van der Waals surface area (Å²) in [6.07, 6.45) is -0.520. The molecule has 0 radical (unpaired) electrons. The van der Waals surface area contributed by atoms with E-state index in [-0.39, 0.29) is 6.61 Å². The van der Waals surface area contributed by atoms with Crippen LogP contribution in [0.15, 0.2) is 54.6 Å². The molecule has 164 valence electrons. The van der Waals surface area contributed by atoms with Crippen molar-refractivity contribution in [3.8, 4) is 11.5 Å². The van der Waals surface area contributed by atoms with Gasteiger partial charge in [0.15, 0.2) is 0 Å². The van der Waals surface area contributed by atoms with E-state index in [1.54, 1.807) is 4.90 Å². The largest absolute Gasteiger partial charge is 0.491 e. The molecule has 0 bridgehead atoms. The maximum Gasteiger partial charge on any atom is 0.137 e. The third-order valence-electron chi connectivity index (χ3n) is 5.34. The Kier molecular flexibility index (Phi) is 8.81. The Bertz CT molecular complexity index is 716. The molecular formula is C24H36N3O3+. The van der Waals surface area contributed by atoms with Gasteiger partial charge in [0.05, 0.1) is 26.2 Å². The summed E-state index contributed by atoms with van der Waals surface area (Å²) >= 11 is 0. The van der Waals surface area contributed by atoms with Crippen LogP contribution >= 0.6 is 0 Å². The summed E-state index contributed by atoms with van der Waals surface area (Å²) < 4.78 is 11.6. The van der Waals surface area contributed by atoms with Crippen LogP contribution in [-0.4, -0.2) is 69.7 Å². The number of piperazine rings is 1. The second kappa shape index (κ2) is 11.8. The predicted octanol–water partition coefficient (Wildman–Crippen LogP) is 1.21. The van der Waals surface area contributed by atoms with Crippen LogP contribution in [0.4, 0.5) is 5.69 Å². The van der Waals surface area contributed by atoms with Crippen LogP contribution in [-0.2, 0) is 0 Å². The molecule has 6 heteroatoms. The van der Waals surface area contributed by atoms with Gasteiger partial charge in [-0.25, -0.2) is 0 Å². The molecule has 0 aliphatic carbocycles. The summed E-state index contributed by atoms with van der Waals surface area (Å²) in [5.74, 6) is 1.60. The van der Waals surface area contributed by atoms with Gasteiger partial charge in [0, 0.05) is 18.3 Å². The minimum Gasteiger partial charge on any atom is -0.491 e. The Balaban J connectivity index is 1.31. The van der Waals surface area contributed by atoms with E-state index in [4.69, 9.17) is 9.47 Å². The number of anilines is 1. The number of nitrogens with zero attached hydrogens (tertiary/aromatic N) is 1. The summed E-state index contributed by atoms with van der Waals surface area (Å²) in [5, 5.41) is 13.1. The average molecular weight is 415 g/mol. The minimum atomic E-state index is -0.520. The van der Waals surface area contributed by atoms with Crippen molar-refractivity contribution in [3.63, 3.8) is 0 Å². The number of nitrogens with one attached hydrogen (secondary N) is 2. The van der Waals surface area contributed by atoms with Crippen molar-refractivity contribution in [2.75, 3.05) is 57.4 Å². The fraction of sp³-hybridized carbons (Fsp3) is 0.500. The van der Waals surface area contributed by atoms with E-state index < -0.39 is 6.10 Å². The topological polar surface area (TPSA) is 58.4 Å². The smallest absolute Gasteiger partial charge is 0.137 e. The third kappa shape index (κ3) is 7.52. The van der Waals surface area contributed by atoms with Gasteiger partial charge >= 0.3 is 0 Å². The number of para-hydroxylation sites is 1. The first-order valence-corrected chi connectivity index (χ1v) is 11.0. The number of quaternary nitrogens is 1. The standard InChI is InChI=1S/C24H35N3O3/c1-20(2)25-18-22(28)19-30-24-10-8-23(9-11-24)29-17-16-26-12-14-27(15-13-26)21-6-4-3-5-7-21/h3-11,20,22,25,28H,12-19H2,1-2H3/p+1/t22-/m0/s1. The lowest BCUT2D eigenvalue weighted by Crippen LogP contribution is -3.15. The molecule has 2 aromatic rings. The fourth-order valence-electron chi connectivity index (χ4n) is 3.54. The highest BCUT2D eigenvalue weighted by atomic mass is 16.5. The Labute approximate surface area is 180 Å².